The Hall–Kier alpha value is -0.860. The van der Waals surface area contributed by atoms with E-state index >= 15 is 0 Å². The molecule has 2 aromatic heterocycles. The number of rotatable bonds is 3. The van der Waals surface area contributed by atoms with Gasteiger partial charge in [0.05, 0.1) is 5.69 Å². The smallest absolute Gasteiger partial charge is 0.262 e. The number of benzene rings is 1. The molecule has 0 aliphatic carbocycles. The van der Waals surface area contributed by atoms with E-state index in [0.29, 0.717) is 8.55 Å². The summed E-state index contributed by atoms with van der Waals surface area (Å²) >= 11 is 7.17. The van der Waals surface area contributed by atoms with Gasteiger partial charge in [0.2, 0.25) is 0 Å². The second-order valence-corrected chi connectivity index (χ2v) is 8.89. The van der Waals surface area contributed by atoms with Crippen LogP contribution < -0.4 is 4.74 Å². The first-order chi connectivity index (χ1) is 9.66. The molecule has 3 aromatic rings. The molecule has 8 heteroatoms. The molecule has 20 heavy (non-hydrogen) atoms. The predicted molar refractivity (Wildman–Crippen MR) is 85.7 cm³/mol. The number of aromatic nitrogens is 1. The summed E-state index contributed by atoms with van der Waals surface area (Å²) in [6, 6.07) is 9.66. The summed E-state index contributed by atoms with van der Waals surface area (Å²) in [6.45, 7) is 0. The molecule has 0 radical (unpaired) electrons. The molecule has 0 fully saturated rings. The predicted octanol–water partition coefficient (Wildman–Crippen LogP) is 4.11. The van der Waals surface area contributed by atoms with Gasteiger partial charge in [0, 0.05) is 10.9 Å². The summed E-state index contributed by atoms with van der Waals surface area (Å²) in [5.41, 5.74) is 1.74. The fraction of sp³-hybridized carbons (Fsp3) is 0. The quantitative estimate of drug-likeness (QED) is 0.661. The molecule has 1 atom stereocenters. The zero-order valence-corrected chi connectivity index (χ0v) is 13.8. The van der Waals surface area contributed by atoms with E-state index in [-0.39, 0.29) is 9.77 Å². The third-order valence-corrected chi connectivity index (χ3v) is 8.47. The number of hydrogen-bond donors (Lipinski definition) is 0. The molecule has 102 valence electrons. The van der Waals surface area contributed by atoms with Gasteiger partial charge >= 0.3 is 0 Å². The lowest BCUT2D eigenvalue weighted by Gasteiger charge is -1.95. The third-order valence-electron chi connectivity index (χ3n) is 2.43. The monoisotopic (exact) mass is 359 g/mol. The Balaban J connectivity index is 1.97. The Morgan fingerprint density at radius 2 is 1.90 bits per heavy atom. The Bertz CT molecular complexity index is 821. The van der Waals surface area contributed by atoms with Gasteiger partial charge in [-0.05, 0) is 10.3 Å². The molecule has 0 N–H and O–H groups in total. The minimum atomic E-state index is -1.49. The highest BCUT2D eigenvalue weighted by atomic mass is 35.5. The molecule has 0 aliphatic heterocycles. The molecule has 2 heterocycles. The summed E-state index contributed by atoms with van der Waals surface area (Å²) in [5, 5.41) is 1.90. The maximum absolute atomic E-state index is 12.4. The van der Waals surface area contributed by atoms with E-state index in [0.717, 1.165) is 31.9 Å². The van der Waals surface area contributed by atoms with E-state index < -0.39 is 10.8 Å². The lowest BCUT2D eigenvalue weighted by atomic mass is 10.2. The van der Waals surface area contributed by atoms with Crippen molar-refractivity contribution in [2.75, 3.05) is 0 Å². The summed E-state index contributed by atoms with van der Waals surface area (Å²) < 4.78 is 13.0. The van der Waals surface area contributed by atoms with Crippen molar-refractivity contribution < 1.29 is 4.21 Å². The summed E-state index contributed by atoms with van der Waals surface area (Å²) in [6.07, 6.45) is 0. The highest BCUT2D eigenvalue weighted by Crippen LogP contribution is 2.31. The van der Waals surface area contributed by atoms with Crippen LogP contribution in [0.25, 0.3) is 11.3 Å². The Morgan fingerprint density at radius 1 is 1.15 bits per heavy atom. The maximum Gasteiger partial charge on any atom is 0.262 e. The van der Waals surface area contributed by atoms with Crippen molar-refractivity contribution in [3.63, 3.8) is 0 Å². The molecule has 3 rings (SSSR count). The molecular weight excluding hydrogens is 354 g/mol. The van der Waals surface area contributed by atoms with E-state index in [1.54, 1.807) is 0 Å². The molecule has 0 saturated carbocycles. The highest BCUT2D eigenvalue weighted by molar-refractivity contribution is 7.92. The molecule has 0 amide bonds. The molecule has 0 spiro atoms. The Morgan fingerprint density at radius 3 is 2.55 bits per heavy atom. The van der Waals surface area contributed by atoms with E-state index in [9.17, 15) is 9.00 Å². The van der Waals surface area contributed by atoms with E-state index in [1.807, 2.05) is 35.7 Å². The van der Waals surface area contributed by atoms with Gasteiger partial charge in [0.15, 0.2) is 4.34 Å². The zero-order valence-electron chi connectivity index (χ0n) is 9.74. The van der Waals surface area contributed by atoms with Crippen LogP contribution in [-0.2, 0) is 10.8 Å². The van der Waals surface area contributed by atoms with Crippen LogP contribution in [0.2, 0.25) is 5.02 Å². The zero-order chi connectivity index (χ0) is 14.1. The number of halogens is 1. The fourth-order valence-electron chi connectivity index (χ4n) is 1.51. The first kappa shape index (κ1) is 14.1. The van der Waals surface area contributed by atoms with Crippen molar-refractivity contribution in [3.05, 3.63) is 50.3 Å². The van der Waals surface area contributed by atoms with Crippen molar-refractivity contribution in [2.45, 2.75) is 8.55 Å². The number of nitrogens with zero attached hydrogens (tertiary/aromatic N) is 1. The van der Waals surface area contributed by atoms with Gasteiger partial charge in [-0.2, -0.15) is 0 Å². The van der Waals surface area contributed by atoms with Gasteiger partial charge in [-0.3, -0.25) is 4.79 Å². The van der Waals surface area contributed by atoms with Gasteiger partial charge in [-0.25, -0.2) is 9.19 Å². The van der Waals surface area contributed by atoms with Gasteiger partial charge in [-0.15, -0.1) is 11.3 Å². The topological polar surface area (TPSA) is 47.0 Å². The highest BCUT2D eigenvalue weighted by Gasteiger charge is 2.19. The summed E-state index contributed by atoms with van der Waals surface area (Å²) in [4.78, 5) is 15.7. The molecule has 1 unspecified atom stereocenters. The molecular formula is C12H6ClNO2S4. The fourth-order valence-corrected chi connectivity index (χ4v) is 7.20. The van der Waals surface area contributed by atoms with Crippen LogP contribution in [0.15, 0.2) is 49.1 Å². The van der Waals surface area contributed by atoms with Gasteiger partial charge < -0.3 is 0 Å². The maximum atomic E-state index is 12.4. The standard InChI is InChI=1S/C12H6ClNO2S4/c13-9-10(15)18-19-11(9)20(16)12-14-8(6-17-12)7-4-2-1-3-5-7/h1-6H. The van der Waals surface area contributed by atoms with E-state index in [2.05, 4.69) is 4.98 Å². The van der Waals surface area contributed by atoms with Crippen molar-refractivity contribution in [3.8, 4) is 11.3 Å². The molecule has 0 saturated heterocycles. The van der Waals surface area contributed by atoms with Gasteiger partial charge in [0.25, 0.3) is 4.74 Å². The Labute approximate surface area is 133 Å². The molecule has 3 nitrogen and oxygen atoms in total. The summed E-state index contributed by atoms with van der Waals surface area (Å²) in [7, 11) is 0.657. The second-order valence-electron chi connectivity index (χ2n) is 3.69. The lowest BCUT2D eigenvalue weighted by Crippen LogP contribution is -1.94. The van der Waals surface area contributed by atoms with Gasteiger partial charge in [-0.1, -0.05) is 52.3 Å². The average Bonchev–Trinajstić information content (AvgIpc) is 3.08. The first-order valence-corrected chi connectivity index (χ1v) is 9.94. The van der Waals surface area contributed by atoms with E-state index in [1.165, 1.54) is 11.3 Å². The van der Waals surface area contributed by atoms with E-state index in [4.69, 9.17) is 11.6 Å². The van der Waals surface area contributed by atoms with Crippen LogP contribution in [0.3, 0.4) is 0 Å². The van der Waals surface area contributed by atoms with Crippen LogP contribution in [-0.4, -0.2) is 9.19 Å². The van der Waals surface area contributed by atoms with Crippen molar-refractivity contribution >= 4 is 54.4 Å². The first-order valence-electron chi connectivity index (χ1n) is 5.38. The van der Waals surface area contributed by atoms with Crippen LogP contribution in [0, 0.1) is 0 Å². The number of thiazole rings is 1. The van der Waals surface area contributed by atoms with Crippen molar-refractivity contribution in [1.82, 2.24) is 4.98 Å². The van der Waals surface area contributed by atoms with Crippen molar-refractivity contribution in [1.29, 1.82) is 0 Å². The van der Waals surface area contributed by atoms with Crippen LogP contribution >= 0.6 is 43.6 Å². The van der Waals surface area contributed by atoms with Crippen LogP contribution in [0.4, 0.5) is 0 Å². The van der Waals surface area contributed by atoms with Gasteiger partial charge in [0.1, 0.15) is 20.0 Å². The minimum Gasteiger partial charge on any atom is -0.275 e. The average molecular weight is 360 g/mol. The molecule has 0 bridgehead atoms. The largest absolute Gasteiger partial charge is 0.275 e. The molecule has 1 aromatic carbocycles. The molecule has 0 aliphatic rings. The van der Waals surface area contributed by atoms with Crippen LogP contribution in [0.5, 0.6) is 0 Å². The second kappa shape index (κ2) is 5.87. The normalized spacial score (nSPS) is 12.4. The lowest BCUT2D eigenvalue weighted by molar-refractivity contribution is 0.684. The SMILES string of the molecule is O=c1ssc(S(=O)c2nc(-c3ccccc3)cs2)c1Cl. The Kier molecular flexibility index (Phi) is 4.13. The summed E-state index contributed by atoms with van der Waals surface area (Å²) in [5.74, 6) is 0. The minimum absolute atomic E-state index is 0.0507. The van der Waals surface area contributed by atoms with Crippen molar-refractivity contribution in [2.24, 2.45) is 0 Å². The number of hydrogen-bond acceptors (Lipinski definition) is 6. The van der Waals surface area contributed by atoms with Crippen LogP contribution in [0.1, 0.15) is 0 Å². The third kappa shape index (κ3) is 2.64.